The molecule has 1 saturated heterocycles. The minimum Gasteiger partial charge on any atom is -0.359 e. The van der Waals surface area contributed by atoms with E-state index in [1.807, 2.05) is 0 Å². The largest absolute Gasteiger partial charge is 0.359 e. The normalized spacial score (nSPS) is 31.4. The maximum atomic E-state index is 10.7. The first-order valence-corrected chi connectivity index (χ1v) is 3.55. The van der Waals surface area contributed by atoms with Gasteiger partial charge in [0.1, 0.15) is 0 Å². The number of ketones is 1. The van der Waals surface area contributed by atoms with Crippen LogP contribution >= 0.6 is 0 Å². The first-order valence-electron chi connectivity index (χ1n) is 3.55. The highest BCUT2D eigenvalue weighted by atomic mass is 16.6. The van der Waals surface area contributed by atoms with Gasteiger partial charge in [-0.25, -0.2) is 0 Å². The van der Waals surface area contributed by atoms with Crippen molar-refractivity contribution in [2.75, 3.05) is 6.61 Å². The van der Waals surface area contributed by atoms with Crippen LogP contribution in [0.2, 0.25) is 0 Å². The van der Waals surface area contributed by atoms with E-state index in [-0.39, 0.29) is 12.7 Å². The average molecular weight is 158 g/mol. The van der Waals surface area contributed by atoms with Crippen LogP contribution in [0.15, 0.2) is 0 Å². The van der Waals surface area contributed by atoms with Crippen LogP contribution < -0.4 is 0 Å². The number of ether oxygens (including phenoxy) is 1. The SMILES string of the molecule is O=CC(=O)C1(O)CCCCO1. The highest BCUT2D eigenvalue weighted by Crippen LogP contribution is 2.22. The first-order chi connectivity index (χ1) is 5.19. The van der Waals surface area contributed by atoms with Crippen molar-refractivity contribution in [1.29, 1.82) is 0 Å². The molecule has 0 bridgehead atoms. The van der Waals surface area contributed by atoms with Crippen molar-refractivity contribution in [3.8, 4) is 0 Å². The maximum Gasteiger partial charge on any atom is 0.254 e. The van der Waals surface area contributed by atoms with E-state index in [2.05, 4.69) is 0 Å². The van der Waals surface area contributed by atoms with E-state index >= 15 is 0 Å². The topological polar surface area (TPSA) is 63.6 Å². The van der Waals surface area contributed by atoms with Crippen molar-refractivity contribution < 1.29 is 19.4 Å². The lowest BCUT2D eigenvalue weighted by Crippen LogP contribution is -2.44. The second kappa shape index (κ2) is 3.11. The molecule has 62 valence electrons. The number of aliphatic hydroxyl groups is 1. The van der Waals surface area contributed by atoms with E-state index in [0.29, 0.717) is 6.61 Å². The summed E-state index contributed by atoms with van der Waals surface area (Å²) in [6.45, 7) is 0.343. The van der Waals surface area contributed by atoms with Crippen molar-refractivity contribution in [3.63, 3.8) is 0 Å². The van der Waals surface area contributed by atoms with Crippen molar-refractivity contribution in [2.24, 2.45) is 0 Å². The van der Waals surface area contributed by atoms with E-state index in [9.17, 15) is 14.7 Å². The Morgan fingerprint density at radius 1 is 1.55 bits per heavy atom. The van der Waals surface area contributed by atoms with Crippen molar-refractivity contribution in [1.82, 2.24) is 0 Å². The van der Waals surface area contributed by atoms with Gasteiger partial charge in [-0.05, 0) is 12.8 Å². The van der Waals surface area contributed by atoms with Gasteiger partial charge in [-0.3, -0.25) is 9.59 Å². The molecule has 1 aliphatic rings. The molecular formula is C7H10O4. The Kier molecular flexibility index (Phi) is 2.36. The molecule has 11 heavy (non-hydrogen) atoms. The summed E-state index contributed by atoms with van der Waals surface area (Å²) >= 11 is 0. The number of hydrogen-bond acceptors (Lipinski definition) is 4. The van der Waals surface area contributed by atoms with Crippen molar-refractivity contribution in [2.45, 2.75) is 25.0 Å². The van der Waals surface area contributed by atoms with Gasteiger partial charge in [0.25, 0.3) is 5.78 Å². The molecule has 0 aromatic carbocycles. The van der Waals surface area contributed by atoms with Crippen LogP contribution in [0, 0.1) is 0 Å². The minimum atomic E-state index is -1.82. The predicted octanol–water partition coefficient (Wildman–Crippen LogP) is -0.357. The molecule has 0 spiro atoms. The summed E-state index contributed by atoms with van der Waals surface area (Å²) < 4.78 is 4.79. The third-order valence-corrected chi connectivity index (χ3v) is 1.74. The standard InChI is InChI=1S/C7H10O4/c8-5-6(9)7(10)3-1-2-4-11-7/h5,10H,1-4H2. The van der Waals surface area contributed by atoms with Gasteiger partial charge in [0, 0.05) is 6.42 Å². The van der Waals surface area contributed by atoms with Gasteiger partial charge < -0.3 is 9.84 Å². The summed E-state index contributed by atoms with van der Waals surface area (Å²) in [6.07, 6.45) is 1.88. The zero-order valence-electron chi connectivity index (χ0n) is 6.08. The van der Waals surface area contributed by atoms with Crippen LogP contribution in [0.4, 0.5) is 0 Å². The molecule has 0 aromatic rings. The smallest absolute Gasteiger partial charge is 0.254 e. The highest BCUT2D eigenvalue weighted by Gasteiger charge is 2.37. The van der Waals surface area contributed by atoms with Gasteiger partial charge in [-0.2, -0.15) is 0 Å². The molecule has 0 aliphatic carbocycles. The number of aldehydes is 1. The maximum absolute atomic E-state index is 10.7. The Morgan fingerprint density at radius 3 is 2.73 bits per heavy atom. The molecular weight excluding hydrogens is 148 g/mol. The van der Waals surface area contributed by atoms with Crippen molar-refractivity contribution in [3.05, 3.63) is 0 Å². The number of hydrogen-bond donors (Lipinski definition) is 1. The van der Waals surface area contributed by atoms with Gasteiger partial charge in [-0.1, -0.05) is 0 Å². The monoisotopic (exact) mass is 158 g/mol. The lowest BCUT2D eigenvalue weighted by molar-refractivity contribution is -0.216. The second-order valence-corrected chi connectivity index (χ2v) is 2.57. The van der Waals surface area contributed by atoms with Crippen LogP contribution in [0.25, 0.3) is 0 Å². The van der Waals surface area contributed by atoms with Gasteiger partial charge in [-0.15, -0.1) is 0 Å². The third kappa shape index (κ3) is 1.64. The first kappa shape index (κ1) is 8.36. The molecule has 1 atom stereocenters. The molecule has 1 rings (SSSR count). The van der Waals surface area contributed by atoms with Crippen LogP contribution in [-0.4, -0.2) is 29.6 Å². The molecule has 1 N–H and O–H groups in total. The van der Waals surface area contributed by atoms with Crippen LogP contribution in [0.5, 0.6) is 0 Å². The van der Waals surface area contributed by atoms with Crippen LogP contribution in [-0.2, 0) is 14.3 Å². The molecule has 1 heterocycles. The zero-order valence-corrected chi connectivity index (χ0v) is 6.08. The Labute approximate surface area is 64.2 Å². The van der Waals surface area contributed by atoms with Gasteiger partial charge >= 0.3 is 0 Å². The average Bonchev–Trinajstić information content (AvgIpc) is 2.04. The fourth-order valence-corrected chi connectivity index (χ4v) is 1.07. The van der Waals surface area contributed by atoms with E-state index < -0.39 is 11.6 Å². The van der Waals surface area contributed by atoms with E-state index in [4.69, 9.17) is 4.74 Å². The summed E-state index contributed by atoms with van der Waals surface area (Å²) in [7, 11) is 0. The van der Waals surface area contributed by atoms with E-state index in [1.54, 1.807) is 0 Å². The minimum absolute atomic E-state index is 0.102. The van der Waals surface area contributed by atoms with E-state index in [0.717, 1.165) is 12.8 Å². The van der Waals surface area contributed by atoms with Gasteiger partial charge in [0.15, 0.2) is 6.29 Å². The Balaban J connectivity index is 2.63. The molecule has 0 saturated carbocycles. The highest BCUT2D eigenvalue weighted by molar-refractivity contribution is 6.28. The molecule has 0 aromatic heterocycles. The molecule has 0 amide bonds. The predicted molar refractivity (Wildman–Crippen MR) is 35.8 cm³/mol. The summed E-state index contributed by atoms with van der Waals surface area (Å²) in [5, 5.41) is 9.34. The number of carbonyl (C=O) groups is 2. The van der Waals surface area contributed by atoms with Crippen LogP contribution in [0.3, 0.4) is 0 Å². The Bertz CT molecular complexity index is 169. The third-order valence-electron chi connectivity index (χ3n) is 1.74. The second-order valence-electron chi connectivity index (χ2n) is 2.57. The molecule has 1 unspecified atom stereocenters. The molecule has 4 nitrogen and oxygen atoms in total. The fourth-order valence-electron chi connectivity index (χ4n) is 1.07. The van der Waals surface area contributed by atoms with E-state index in [1.165, 1.54) is 0 Å². The molecule has 0 radical (unpaired) electrons. The molecule has 1 aliphatic heterocycles. The quantitative estimate of drug-likeness (QED) is 0.440. The lowest BCUT2D eigenvalue weighted by Gasteiger charge is -2.28. The summed E-state index contributed by atoms with van der Waals surface area (Å²) in [4.78, 5) is 20.8. The lowest BCUT2D eigenvalue weighted by atomic mass is 10.0. The number of carbonyl (C=O) groups excluding carboxylic acids is 2. The number of rotatable bonds is 2. The molecule has 1 fully saturated rings. The summed E-state index contributed by atoms with van der Waals surface area (Å²) in [5.74, 6) is -2.70. The summed E-state index contributed by atoms with van der Waals surface area (Å²) in [6, 6.07) is 0. The Hall–Kier alpha value is -0.740. The molecule has 4 heteroatoms. The zero-order chi connectivity index (χ0) is 8.32. The van der Waals surface area contributed by atoms with Crippen LogP contribution in [0.1, 0.15) is 19.3 Å². The van der Waals surface area contributed by atoms with Crippen molar-refractivity contribution >= 4 is 12.1 Å². The Morgan fingerprint density at radius 2 is 2.27 bits per heavy atom. The number of Topliss-reactive ketones (excluding diaryl/α,β-unsaturated/α-hetero) is 1. The van der Waals surface area contributed by atoms with Gasteiger partial charge in [0.05, 0.1) is 6.61 Å². The summed E-state index contributed by atoms with van der Waals surface area (Å²) in [5.41, 5.74) is 0. The fraction of sp³-hybridized carbons (Fsp3) is 0.714. The van der Waals surface area contributed by atoms with Gasteiger partial charge in [0.2, 0.25) is 5.79 Å².